The first-order chi connectivity index (χ1) is 6.97. The van der Waals surface area contributed by atoms with E-state index >= 15 is 0 Å². The van der Waals surface area contributed by atoms with Gasteiger partial charge in [0, 0.05) is 7.11 Å². The van der Waals surface area contributed by atoms with Crippen LogP contribution in [0.4, 0.5) is 0 Å². The van der Waals surface area contributed by atoms with Crippen molar-refractivity contribution < 1.29 is 5.11 Å². The highest BCUT2D eigenvalue weighted by molar-refractivity contribution is 4.76. The van der Waals surface area contributed by atoms with Crippen molar-refractivity contribution in [3.05, 3.63) is 0 Å². The second-order valence-corrected chi connectivity index (χ2v) is 4.80. The van der Waals surface area contributed by atoms with E-state index in [-0.39, 0.29) is 0 Å². The topological polar surface area (TPSA) is 20.2 Å². The van der Waals surface area contributed by atoms with Crippen LogP contribution >= 0.6 is 0 Å². The lowest BCUT2D eigenvalue weighted by Gasteiger charge is -2.32. The monoisotopic (exact) mass is 198 g/mol. The molecule has 0 aromatic rings. The third-order valence-corrected chi connectivity index (χ3v) is 3.97. The van der Waals surface area contributed by atoms with Gasteiger partial charge >= 0.3 is 0 Å². The van der Waals surface area contributed by atoms with Crippen molar-refractivity contribution in [2.75, 3.05) is 7.11 Å². The highest BCUT2D eigenvalue weighted by Gasteiger charge is 2.24. The van der Waals surface area contributed by atoms with Crippen molar-refractivity contribution in [1.82, 2.24) is 0 Å². The van der Waals surface area contributed by atoms with Gasteiger partial charge in [-0.25, -0.2) is 0 Å². The van der Waals surface area contributed by atoms with Crippen LogP contribution in [0.25, 0.3) is 0 Å². The second-order valence-electron chi connectivity index (χ2n) is 4.80. The van der Waals surface area contributed by atoms with Gasteiger partial charge in [-0.05, 0) is 11.8 Å². The molecule has 2 fully saturated rings. The first kappa shape index (κ1) is 12.0. The SMILES string of the molecule is C1CCC(C2CCCCC2)CC1.CO. The molecular weight excluding hydrogens is 172 g/mol. The fourth-order valence-corrected chi connectivity index (χ4v) is 3.21. The Hall–Kier alpha value is -0.0400. The number of aliphatic hydroxyl groups excluding tert-OH is 1. The summed E-state index contributed by atoms with van der Waals surface area (Å²) >= 11 is 0. The van der Waals surface area contributed by atoms with Crippen LogP contribution in [-0.4, -0.2) is 12.2 Å². The Morgan fingerprint density at radius 3 is 1.14 bits per heavy atom. The lowest BCUT2D eigenvalue weighted by atomic mass is 9.73. The van der Waals surface area contributed by atoms with E-state index in [2.05, 4.69) is 0 Å². The van der Waals surface area contributed by atoms with E-state index in [4.69, 9.17) is 5.11 Å². The minimum Gasteiger partial charge on any atom is -0.400 e. The summed E-state index contributed by atoms with van der Waals surface area (Å²) in [5.41, 5.74) is 0. The van der Waals surface area contributed by atoms with Crippen LogP contribution in [0, 0.1) is 11.8 Å². The summed E-state index contributed by atoms with van der Waals surface area (Å²) < 4.78 is 0. The predicted molar refractivity (Wildman–Crippen MR) is 61.3 cm³/mol. The minimum atomic E-state index is 1.00. The number of rotatable bonds is 1. The fraction of sp³-hybridized carbons (Fsp3) is 1.00. The molecule has 0 bridgehead atoms. The van der Waals surface area contributed by atoms with E-state index in [1.165, 1.54) is 38.5 Å². The molecule has 1 heteroatoms. The molecule has 0 aliphatic heterocycles. The summed E-state index contributed by atoms with van der Waals surface area (Å²) in [5, 5.41) is 7.00. The summed E-state index contributed by atoms with van der Waals surface area (Å²) in [5.74, 6) is 2.28. The maximum atomic E-state index is 7.00. The Morgan fingerprint density at radius 1 is 0.571 bits per heavy atom. The van der Waals surface area contributed by atoms with Gasteiger partial charge in [0.25, 0.3) is 0 Å². The molecule has 84 valence electrons. The first-order valence-corrected chi connectivity index (χ1v) is 6.41. The zero-order valence-corrected chi connectivity index (χ0v) is 9.67. The molecule has 0 aromatic carbocycles. The fourth-order valence-electron chi connectivity index (χ4n) is 3.21. The molecule has 2 aliphatic carbocycles. The highest BCUT2D eigenvalue weighted by Crippen LogP contribution is 2.37. The van der Waals surface area contributed by atoms with Gasteiger partial charge in [0.05, 0.1) is 0 Å². The van der Waals surface area contributed by atoms with Crippen LogP contribution < -0.4 is 0 Å². The van der Waals surface area contributed by atoms with Crippen LogP contribution in [0.2, 0.25) is 0 Å². The lowest BCUT2D eigenvalue weighted by Crippen LogP contribution is -2.20. The van der Waals surface area contributed by atoms with Crippen molar-refractivity contribution in [3.8, 4) is 0 Å². The van der Waals surface area contributed by atoms with Crippen molar-refractivity contribution in [2.24, 2.45) is 11.8 Å². The van der Waals surface area contributed by atoms with Gasteiger partial charge in [-0.3, -0.25) is 0 Å². The molecule has 2 rings (SSSR count). The number of hydrogen-bond donors (Lipinski definition) is 1. The molecule has 0 atom stereocenters. The van der Waals surface area contributed by atoms with Crippen LogP contribution in [0.5, 0.6) is 0 Å². The zero-order chi connectivity index (χ0) is 10.2. The van der Waals surface area contributed by atoms with E-state index in [0.717, 1.165) is 18.9 Å². The Balaban J connectivity index is 0.000000461. The molecule has 2 saturated carbocycles. The highest BCUT2D eigenvalue weighted by atomic mass is 16.2. The first-order valence-electron chi connectivity index (χ1n) is 6.41. The number of aliphatic hydroxyl groups is 1. The van der Waals surface area contributed by atoms with Crippen molar-refractivity contribution in [2.45, 2.75) is 64.2 Å². The average molecular weight is 198 g/mol. The van der Waals surface area contributed by atoms with Crippen molar-refractivity contribution in [3.63, 3.8) is 0 Å². The molecule has 0 unspecified atom stereocenters. The molecular formula is C13H26O. The van der Waals surface area contributed by atoms with Gasteiger partial charge in [0.2, 0.25) is 0 Å². The summed E-state index contributed by atoms with van der Waals surface area (Å²) in [7, 11) is 1.00. The Morgan fingerprint density at radius 2 is 0.857 bits per heavy atom. The molecule has 0 amide bonds. The summed E-state index contributed by atoms with van der Waals surface area (Å²) in [6.07, 6.45) is 15.4. The molecule has 1 N–H and O–H groups in total. The predicted octanol–water partition coefficient (Wildman–Crippen LogP) is 3.76. The minimum absolute atomic E-state index is 1.00. The van der Waals surface area contributed by atoms with E-state index in [1.54, 1.807) is 25.7 Å². The van der Waals surface area contributed by atoms with Gasteiger partial charge < -0.3 is 5.11 Å². The Bertz CT molecular complexity index is 105. The van der Waals surface area contributed by atoms with Gasteiger partial charge in [-0.2, -0.15) is 0 Å². The number of hydrogen-bond acceptors (Lipinski definition) is 1. The van der Waals surface area contributed by atoms with Gasteiger partial charge in [-0.1, -0.05) is 64.2 Å². The third kappa shape index (κ3) is 3.61. The second kappa shape index (κ2) is 7.28. The molecule has 2 aliphatic rings. The molecule has 0 saturated heterocycles. The Labute approximate surface area is 88.9 Å². The van der Waals surface area contributed by atoms with Crippen molar-refractivity contribution >= 4 is 0 Å². The van der Waals surface area contributed by atoms with Crippen LogP contribution in [0.3, 0.4) is 0 Å². The van der Waals surface area contributed by atoms with E-state index in [1.807, 2.05) is 0 Å². The van der Waals surface area contributed by atoms with Crippen LogP contribution in [0.1, 0.15) is 64.2 Å². The molecule has 14 heavy (non-hydrogen) atoms. The van der Waals surface area contributed by atoms with E-state index < -0.39 is 0 Å². The molecule has 0 spiro atoms. The maximum absolute atomic E-state index is 7.00. The van der Waals surface area contributed by atoms with Gasteiger partial charge in [0.15, 0.2) is 0 Å². The summed E-state index contributed by atoms with van der Waals surface area (Å²) in [4.78, 5) is 0. The molecule has 0 aromatic heterocycles. The van der Waals surface area contributed by atoms with Gasteiger partial charge in [-0.15, -0.1) is 0 Å². The third-order valence-electron chi connectivity index (χ3n) is 3.97. The average Bonchev–Trinajstić information content (AvgIpc) is 2.34. The summed E-state index contributed by atoms with van der Waals surface area (Å²) in [6, 6.07) is 0. The van der Waals surface area contributed by atoms with Gasteiger partial charge in [0.1, 0.15) is 0 Å². The van der Waals surface area contributed by atoms with Crippen molar-refractivity contribution in [1.29, 1.82) is 0 Å². The molecule has 0 heterocycles. The van der Waals surface area contributed by atoms with E-state index in [9.17, 15) is 0 Å². The standard InChI is InChI=1S/C12H22.CH4O/c1-3-7-11(8-4-1)12-9-5-2-6-10-12;1-2/h11-12H,1-10H2;2H,1H3. The maximum Gasteiger partial charge on any atom is 0.0319 e. The lowest BCUT2D eigenvalue weighted by molar-refractivity contribution is 0.196. The van der Waals surface area contributed by atoms with Crippen LogP contribution in [-0.2, 0) is 0 Å². The largest absolute Gasteiger partial charge is 0.400 e. The quantitative estimate of drug-likeness (QED) is 0.680. The molecule has 1 nitrogen and oxygen atoms in total. The summed E-state index contributed by atoms with van der Waals surface area (Å²) in [6.45, 7) is 0. The van der Waals surface area contributed by atoms with E-state index in [0.29, 0.717) is 0 Å². The normalized spacial score (nSPS) is 25.3. The molecule has 0 radical (unpaired) electrons. The van der Waals surface area contributed by atoms with Crippen LogP contribution in [0.15, 0.2) is 0 Å². The smallest absolute Gasteiger partial charge is 0.0319 e. The zero-order valence-electron chi connectivity index (χ0n) is 9.67. The Kier molecular flexibility index (Phi) is 6.25.